The molecule has 0 unspecified atom stereocenters. The Labute approximate surface area is 205 Å². The first-order valence-corrected chi connectivity index (χ1v) is 11.9. The van der Waals surface area contributed by atoms with Gasteiger partial charge in [0.1, 0.15) is 11.9 Å². The van der Waals surface area contributed by atoms with Crippen molar-refractivity contribution in [2.45, 2.75) is 45.9 Å². The van der Waals surface area contributed by atoms with Crippen molar-refractivity contribution in [2.24, 2.45) is 0 Å². The van der Waals surface area contributed by atoms with Crippen molar-refractivity contribution in [1.82, 2.24) is 5.32 Å². The molecule has 1 heterocycles. The van der Waals surface area contributed by atoms with Crippen LogP contribution in [-0.4, -0.2) is 23.5 Å². The molecule has 0 spiro atoms. The molecule has 1 aromatic heterocycles. The molecule has 2 N–H and O–H groups in total. The number of ether oxygens (including phenoxy) is 1. The summed E-state index contributed by atoms with van der Waals surface area (Å²) in [4.78, 5) is 24.2. The molecule has 0 bridgehead atoms. The summed E-state index contributed by atoms with van der Waals surface area (Å²) in [6, 6.07) is 12.3. The largest absolute Gasteiger partial charge is 0.485 e. The zero-order valence-corrected chi connectivity index (χ0v) is 20.3. The monoisotopic (exact) mass is 505 g/mol. The third-order valence-electron chi connectivity index (χ3n) is 5.45. The lowest BCUT2D eigenvalue weighted by atomic mass is 9.94. The second kappa shape index (κ2) is 10.9. The van der Waals surface area contributed by atoms with E-state index in [2.05, 4.69) is 5.32 Å². The number of aliphatic carboxylic acids is 1. The SMILES string of the molecule is CC[C@@H](Oc1cc(C)c(-c2ccc(C(F)(F)F)cc2)c(C)c1)c1ccc(C(=O)NCCC(=O)O)s1. The van der Waals surface area contributed by atoms with Crippen molar-refractivity contribution >= 4 is 23.2 Å². The highest BCUT2D eigenvalue weighted by Gasteiger charge is 2.30. The van der Waals surface area contributed by atoms with E-state index in [-0.39, 0.29) is 25.0 Å². The van der Waals surface area contributed by atoms with Crippen LogP contribution in [-0.2, 0) is 11.0 Å². The number of hydrogen-bond acceptors (Lipinski definition) is 4. The second-order valence-electron chi connectivity index (χ2n) is 8.12. The van der Waals surface area contributed by atoms with Gasteiger partial charge in [0.15, 0.2) is 0 Å². The topological polar surface area (TPSA) is 75.6 Å². The summed E-state index contributed by atoms with van der Waals surface area (Å²) in [5, 5.41) is 11.3. The Morgan fingerprint density at radius 1 is 1.06 bits per heavy atom. The molecule has 2 aromatic carbocycles. The summed E-state index contributed by atoms with van der Waals surface area (Å²) in [7, 11) is 0. The highest BCUT2D eigenvalue weighted by atomic mass is 32.1. The van der Waals surface area contributed by atoms with Crippen molar-refractivity contribution in [2.75, 3.05) is 6.54 Å². The van der Waals surface area contributed by atoms with Gasteiger partial charge in [-0.05, 0) is 78.9 Å². The smallest absolute Gasteiger partial charge is 0.416 e. The first-order chi connectivity index (χ1) is 16.5. The minimum atomic E-state index is -4.38. The first kappa shape index (κ1) is 26.3. The Kier molecular flexibility index (Phi) is 8.22. The van der Waals surface area contributed by atoms with Crippen LogP contribution >= 0.6 is 11.3 Å². The van der Waals surface area contributed by atoms with Crippen molar-refractivity contribution in [3.8, 4) is 16.9 Å². The lowest BCUT2D eigenvalue weighted by molar-refractivity contribution is -0.138. The second-order valence-corrected chi connectivity index (χ2v) is 9.24. The summed E-state index contributed by atoms with van der Waals surface area (Å²) in [6.07, 6.45) is -4.17. The third kappa shape index (κ3) is 6.63. The Balaban J connectivity index is 1.76. The number of thiophene rings is 1. The number of rotatable bonds is 9. The number of benzene rings is 2. The Morgan fingerprint density at radius 3 is 2.23 bits per heavy atom. The molecule has 0 fully saturated rings. The fraction of sp³-hybridized carbons (Fsp3) is 0.308. The van der Waals surface area contributed by atoms with Crippen LogP contribution in [0.25, 0.3) is 11.1 Å². The van der Waals surface area contributed by atoms with Crippen molar-refractivity contribution in [3.63, 3.8) is 0 Å². The number of carbonyl (C=O) groups excluding carboxylic acids is 1. The molecule has 0 saturated heterocycles. The minimum absolute atomic E-state index is 0.0545. The normalized spacial score (nSPS) is 12.3. The molecular formula is C26H26F3NO4S. The van der Waals surface area contributed by atoms with Crippen molar-refractivity contribution < 1.29 is 32.6 Å². The van der Waals surface area contributed by atoms with Gasteiger partial charge in [-0.1, -0.05) is 19.1 Å². The van der Waals surface area contributed by atoms with Crippen LogP contribution in [0, 0.1) is 13.8 Å². The molecular weight excluding hydrogens is 479 g/mol. The van der Waals surface area contributed by atoms with Gasteiger partial charge in [0.25, 0.3) is 5.91 Å². The maximum Gasteiger partial charge on any atom is 0.416 e. The van der Waals surface area contributed by atoms with Crippen molar-refractivity contribution in [3.05, 3.63) is 75.0 Å². The van der Waals surface area contributed by atoms with E-state index in [1.54, 1.807) is 6.07 Å². The Morgan fingerprint density at radius 2 is 1.69 bits per heavy atom. The van der Waals surface area contributed by atoms with Gasteiger partial charge in [0.05, 0.1) is 16.9 Å². The van der Waals surface area contributed by atoms with Crippen LogP contribution in [0.4, 0.5) is 13.2 Å². The summed E-state index contributed by atoms with van der Waals surface area (Å²) >= 11 is 1.29. The number of carbonyl (C=O) groups is 2. The number of carboxylic acid groups (broad SMARTS) is 1. The third-order valence-corrected chi connectivity index (χ3v) is 6.62. The number of carboxylic acids is 1. The van der Waals surface area contributed by atoms with E-state index in [4.69, 9.17) is 9.84 Å². The maximum absolute atomic E-state index is 12.9. The van der Waals surface area contributed by atoms with Crippen LogP contribution in [0.5, 0.6) is 5.75 Å². The minimum Gasteiger partial charge on any atom is -0.485 e. The molecule has 0 aliphatic carbocycles. The molecule has 1 atom stereocenters. The van der Waals surface area contributed by atoms with E-state index in [1.807, 2.05) is 39.0 Å². The molecule has 1 amide bonds. The molecule has 0 aliphatic heterocycles. The van der Waals surface area contributed by atoms with Gasteiger partial charge in [0, 0.05) is 11.4 Å². The van der Waals surface area contributed by atoms with E-state index in [1.165, 1.54) is 23.5 Å². The fourth-order valence-electron chi connectivity index (χ4n) is 3.80. The Bertz CT molecular complexity index is 1180. The van der Waals surface area contributed by atoms with Crippen molar-refractivity contribution in [1.29, 1.82) is 0 Å². The summed E-state index contributed by atoms with van der Waals surface area (Å²) in [6.45, 7) is 5.79. The van der Waals surface area contributed by atoms with Gasteiger partial charge < -0.3 is 15.2 Å². The highest BCUT2D eigenvalue weighted by Crippen LogP contribution is 2.36. The first-order valence-electron chi connectivity index (χ1n) is 11.0. The van der Waals surface area contributed by atoms with E-state index >= 15 is 0 Å². The summed E-state index contributed by atoms with van der Waals surface area (Å²) < 4.78 is 44.9. The molecule has 3 rings (SSSR count). The van der Waals surface area contributed by atoms with Gasteiger partial charge in [-0.25, -0.2) is 0 Å². The average Bonchev–Trinajstić information content (AvgIpc) is 3.27. The predicted octanol–water partition coefficient (Wildman–Crippen LogP) is 6.79. The molecule has 0 aliphatic rings. The number of alkyl halides is 3. The zero-order valence-electron chi connectivity index (χ0n) is 19.5. The zero-order chi connectivity index (χ0) is 25.8. The van der Waals surface area contributed by atoms with Crippen LogP contribution in [0.1, 0.15) is 57.1 Å². The maximum atomic E-state index is 12.9. The average molecular weight is 506 g/mol. The molecule has 3 aromatic rings. The van der Waals surface area contributed by atoms with E-state index in [0.29, 0.717) is 22.6 Å². The van der Waals surface area contributed by atoms with Gasteiger partial charge in [-0.15, -0.1) is 11.3 Å². The number of aryl methyl sites for hydroxylation is 2. The fourth-order valence-corrected chi connectivity index (χ4v) is 4.84. The van der Waals surface area contributed by atoms with E-state index < -0.39 is 17.7 Å². The molecule has 9 heteroatoms. The number of hydrogen-bond donors (Lipinski definition) is 2. The summed E-state index contributed by atoms with van der Waals surface area (Å²) in [5.74, 6) is -0.681. The Hall–Kier alpha value is -3.33. The lowest BCUT2D eigenvalue weighted by Crippen LogP contribution is -2.25. The van der Waals surface area contributed by atoms with Gasteiger partial charge in [-0.2, -0.15) is 13.2 Å². The molecule has 0 saturated carbocycles. The molecule has 35 heavy (non-hydrogen) atoms. The van der Waals surface area contributed by atoms with Gasteiger partial charge in [-0.3, -0.25) is 9.59 Å². The van der Waals surface area contributed by atoms with Crippen LogP contribution in [0.15, 0.2) is 48.5 Å². The molecule has 186 valence electrons. The van der Waals surface area contributed by atoms with Crippen LogP contribution < -0.4 is 10.1 Å². The van der Waals surface area contributed by atoms with E-state index in [9.17, 15) is 22.8 Å². The number of nitrogens with one attached hydrogen (secondary N) is 1. The standard InChI is InChI=1S/C26H26F3NO4S/c1-4-20(21-9-10-22(35-21)25(33)30-12-11-23(31)32)34-19-13-15(2)24(16(3)14-19)17-5-7-18(8-6-17)26(27,28)29/h5-10,13-14,20H,4,11-12H2,1-3H3,(H,30,33)(H,31,32)/t20-/m1/s1. The van der Waals surface area contributed by atoms with Gasteiger partial charge >= 0.3 is 12.1 Å². The quantitative estimate of drug-likeness (QED) is 0.336. The number of amides is 1. The number of halogens is 3. The van der Waals surface area contributed by atoms with E-state index in [0.717, 1.165) is 33.7 Å². The van der Waals surface area contributed by atoms with Crippen LogP contribution in [0.2, 0.25) is 0 Å². The lowest BCUT2D eigenvalue weighted by Gasteiger charge is -2.19. The molecule has 5 nitrogen and oxygen atoms in total. The van der Waals surface area contributed by atoms with Crippen LogP contribution in [0.3, 0.4) is 0 Å². The molecule has 0 radical (unpaired) electrons. The summed E-state index contributed by atoms with van der Waals surface area (Å²) in [5.41, 5.74) is 2.62. The predicted molar refractivity (Wildman–Crippen MR) is 129 cm³/mol. The van der Waals surface area contributed by atoms with Gasteiger partial charge in [0.2, 0.25) is 0 Å². The highest BCUT2D eigenvalue weighted by molar-refractivity contribution is 7.14.